The van der Waals surface area contributed by atoms with E-state index >= 15 is 0 Å². The summed E-state index contributed by atoms with van der Waals surface area (Å²) in [5, 5.41) is 38.6. The fourth-order valence-electron chi connectivity index (χ4n) is 6.59. The number of aromatic nitrogens is 4. The molecule has 0 amide bonds. The second-order valence-corrected chi connectivity index (χ2v) is 11.8. The lowest BCUT2D eigenvalue weighted by Crippen LogP contribution is -2.15. The highest BCUT2D eigenvalue weighted by molar-refractivity contribution is 6.05. The molecule has 2 aliphatic rings. The van der Waals surface area contributed by atoms with Crippen molar-refractivity contribution in [1.82, 2.24) is 19.9 Å². The van der Waals surface area contributed by atoms with Crippen molar-refractivity contribution in [3.8, 4) is 46.8 Å². The van der Waals surface area contributed by atoms with Crippen LogP contribution in [0.25, 0.3) is 50.2 Å². The maximum Gasteiger partial charge on any atom is 0.417 e. The van der Waals surface area contributed by atoms with Crippen molar-refractivity contribution in [2.24, 2.45) is 5.92 Å². The fourth-order valence-corrected chi connectivity index (χ4v) is 6.59. The molecular formula is C34H8F12N8. The molecule has 0 spiro atoms. The Morgan fingerprint density at radius 1 is 0.537 bits per heavy atom. The minimum absolute atomic E-state index is 0.160. The molecule has 2 heterocycles. The number of nitrogens with zero attached hydrogens (tertiary/aromatic N) is 8. The van der Waals surface area contributed by atoms with Crippen molar-refractivity contribution in [3.05, 3.63) is 86.7 Å². The molecule has 0 saturated carbocycles. The lowest BCUT2D eigenvalue weighted by atomic mass is 9.86. The Labute approximate surface area is 291 Å². The Hall–Kier alpha value is -6.80. The van der Waals surface area contributed by atoms with E-state index in [1.807, 2.05) is 0 Å². The van der Waals surface area contributed by atoms with Crippen LogP contribution in [0.2, 0.25) is 0 Å². The van der Waals surface area contributed by atoms with Crippen LogP contribution in [0.4, 0.5) is 52.7 Å². The number of alkyl halides is 12. The summed E-state index contributed by atoms with van der Waals surface area (Å²) in [7, 11) is 0. The van der Waals surface area contributed by atoms with Crippen LogP contribution in [0, 0.1) is 51.2 Å². The summed E-state index contributed by atoms with van der Waals surface area (Å²) in [6.45, 7) is 0. The van der Waals surface area contributed by atoms with E-state index in [1.165, 1.54) is 24.3 Å². The smallest absolute Gasteiger partial charge is 0.248 e. The van der Waals surface area contributed by atoms with E-state index in [1.54, 1.807) is 0 Å². The van der Waals surface area contributed by atoms with E-state index in [0.717, 1.165) is 12.1 Å². The van der Waals surface area contributed by atoms with Crippen LogP contribution in [0.5, 0.6) is 0 Å². The third kappa shape index (κ3) is 5.29. The first kappa shape index (κ1) is 35.6. The number of hydrogen-bond donors (Lipinski definition) is 0. The number of benzene rings is 3. The predicted octanol–water partition coefficient (Wildman–Crippen LogP) is 9.25. The van der Waals surface area contributed by atoms with Crippen LogP contribution in [0.15, 0.2) is 42.0 Å². The van der Waals surface area contributed by atoms with Gasteiger partial charge in [-0.3, -0.25) is 0 Å². The van der Waals surface area contributed by atoms with E-state index in [0.29, 0.717) is 12.1 Å². The fraction of sp³-hybridized carbons (Fsp3) is 0.176. The molecule has 5 aromatic rings. The average Bonchev–Trinajstić information content (AvgIpc) is 3.56. The van der Waals surface area contributed by atoms with Crippen LogP contribution in [0.1, 0.15) is 50.7 Å². The predicted molar refractivity (Wildman–Crippen MR) is 157 cm³/mol. The number of allylic oxidation sites excluding steroid dienone is 1. The molecule has 20 heteroatoms. The van der Waals surface area contributed by atoms with Crippen molar-refractivity contribution in [3.63, 3.8) is 0 Å². The van der Waals surface area contributed by atoms with Gasteiger partial charge in [-0.2, -0.15) is 73.7 Å². The summed E-state index contributed by atoms with van der Waals surface area (Å²) in [5.41, 5.74) is -15.9. The Morgan fingerprint density at radius 2 is 1.00 bits per heavy atom. The molecule has 0 fully saturated rings. The first-order valence-corrected chi connectivity index (χ1v) is 14.7. The Balaban J connectivity index is 1.56. The third-order valence-corrected chi connectivity index (χ3v) is 8.74. The zero-order valence-electron chi connectivity index (χ0n) is 25.7. The van der Waals surface area contributed by atoms with Gasteiger partial charge in [0.1, 0.15) is 23.6 Å². The summed E-state index contributed by atoms with van der Waals surface area (Å²) < 4.78 is 169. The van der Waals surface area contributed by atoms with Crippen LogP contribution < -0.4 is 0 Å². The van der Waals surface area contributed by atoms with E-state index < -0.39 is 115 Å². The molecule has 2 aliphatic carbocycles. The molecule has 0 bridgehead atoms. The summed E-state index contributed by atoms with van der Waals surface area (Å²) in [6, 6.07) is 8.24. The normalized spacial score (nSPS) is 14.9. The van der Waals surface area contributed by atoms with Crippen LogP contribution in [-0.4, -0.2) is 19.9 Å². The van der Waals surface area contributed by atoms with E-state index in [-0.39, 0.29) is 34.2 Å². The van der Waals surface area contributed by atoms with Crippen molar-refractivity contribution >= 4 is 27.6 Å². The molecule has 1 unspecified atom stereocenters. The molecule has 2 aromatic heterocycles. The van der Waals surface area contributed by atoms with Crippen molar-refractivity contribution in [2.45, 2.75) is 30.6 Å². The van der Waals surface area contributed by atoms with Gasteiger partial charge in [-0.05, 0) is 47.5 Å². The topological polar surface area (TPSA) is 147 Å². The Bertz CT molecular complexity index is 2700. The highest BCUT2D eigenvalue weighted by Crippen LogP contribution is 2.54. The number of fused-ring (bicyclic) bond motifs is 8. The minimum Gasteiger partial charge on any atom is -0.248 e. The average molecular weight is 756 g/mol. The number of nitriles is 4. The van der Waals surface area contributed by atoms with Gasteiger partial charge in [-0.25, -0.2) is 19.9 Å². The summed E-state index contributed by atoms with van der Waals surface area (Å²) in [6.07, 6.45) is -21.5. The Morgan fingerprint density at radius 3 is 1.48 bits per heavy atom. The van der Waals surface area contributed by atoms with E-state index in [2.05, 4.69) is 19.9 Å². The standard InChI is InChI=1S/C34H8F12N8/c35-31(36,37)13-1-15-23(11(7-47)8-48)27-29(25(15)17(3-13)33(41,42)43)53-21-6-20-22(5-19(21)51-27)54-30-26-16(24(28(30)52-20)12(9-49)10-50)2-14(32(38,39)40)4-18(26)34(44,45)46/h1-6,11,23H. The highest BCUT2D eigenvalue weighted by atomic mass is 19.4. The molecular weight excluding hydrogens is 748 g/mol. The van der Waals surface area contributed by atoms with Gasteiger partial charge in [0.15, 0.2) is 0 Å². The van der Waals surface area contributed by atoms with E-state index in [4.69, 9.17) is 0 Å². The zero-order chi connectivity index (χ0) is 39.4. The van der Waals surface area contributed by atoms with Gasteiger partial charge in [0, 0.05) is 16.7 Å². The Kier molecular flexibility index (Phi) is 7.48. The van der Waals surface area contributed by atoms with Gasteiger partial charge >= 0.3 is 24.7 Å². The van der Waals surface area contributed by atoms with Crippen molar-refractivity contribution in [2.75, 3.05) is 0 Å². The molecule has 8 nitrogen and oxygen atoms in total. The zero-order valence-corrected chi connectivity index (χ0v) is 25.7. The summed E-state index contributed by atoms with van der Waals surface area (Å²) >= 11 is 0. The number of halogens is 12. The molecule has 268 valence electrons. The monoisotopic (exact) mass is 756 g/mol. The first-order chi connectivity index (χ1) is 25.1. The quantitative estimate of drug-likeness (QED) is 0.0917. The summed E-state index contributed by atoms with van der Waals surface area (Å²) in [4.78, 5) is 16.8. The third-order valence-electron chi connectivity index (χ3n) is 8.74. The SMILES string of the molecule is N#CC(C#N)=C1c2cc(C(F)(F)F)cc(C(F)(F)F)c2-c2nc3cc4nc5c(nc4cc3nc21)-c1c(cc(C(F)(F)F)cc1C(F)(F)F)C5C(C#N)C#N. The molecule has 0 saturated heterocycles. The molecule has 0 aliphatic heterocycles. The maximum atomic E-state index is 14.4. The molecule has 1 atom stereocenters. The number of hydrogen-bond acceptors (Lipinski definition) is 8. The van der Waals surface area contributed by atoms with Gasteiger partial charge in [0.05, 0.1) is 85.2 Å². The van der Waals surface area contributed by atoms with Gasteiger partial charge in [-0.15, -0.1) is 0 Å². The molecule has 0 radical (unpaired) electrons. The lowest BCUT2D eigenvalue weighted by Gasteiger charge is -2.18. The lowest BCUT2D eigenvalue weighted by molar-refractivity contribution is -0.144. The minimum atomic E-state index is -5.44. The van der Waals surface area contributed by atoms with Crippen molar-refractivity contribution in [1.29, 1.82) is 21.0 Å². The van der Waals surface area contributed by atoms with Gasteiger partial charge in [-0.1, -0.05) is 0 Å². The van der Waals surface area contributed by atoms with Gasteiger partial charge < -0.3 is 0 Å². The van der Waals surface area contributed by atoms with Gasteiger partial charge in [0.25, 0.3) is 0 Å². The molecule has 0 N–H and O–H groups in total. The first-order valence-electron chi connectivity index (χ1n) is 14.7. The molecule has 54 heavy (non-hydrogen) atoms. The highest BCUT2D eigenvalue weighted by Gasteiger charge is 2.48. The summed E-state index contributed by atoms with van der Waals surface area (Å²) in [5.74, 6) is -3.68. The van der Waals surface area contributed by atoms with Crippen LogP contribution >= 0.6 is 0 Å². The van der Waals surface area contributed by atoms with E-state index in [9.17, 15) is 73.7 Å². The molecule has 3 aromatic carbocycles. The largest absolute Gasteiger partial charge is 0.417 e. The second-order valence-electron chi connectivity index (χ2n) is 11.8. The molecule has 7 rings (SSSR count). The van der Waals surface area contributed by atoms with Crippen LogP contribution in [0.3, 0.4) is 0 Å². The maximum absolute atomic E-state index is 14.4. The number of rotatable bonds is 1. The second kappa shape index (κ2) is 11.3. The van der Waals surface area contributed by atoms with Gasteiger partial charge in [0.2, 0.25) is 0 Å². The van der Waals surface area contributed by atoms with Crippen LogP contribution in [-0.2, 0) is 24.7 Å². The van der Waals surface area contributed by atoms with Crippen molar-refractivity contribution < 1.29 is 52.7 Å².